The average Bonchev–Trinajstić information content (AvgIpc) is 2.08. The van der Waals surface area contributed by atoms with Gasteiger partial charge in [-0.05, 0) is 20.8 Å². The van der Waals surface area contributed by atoms with E-state index in [1.807, 2.05) is 13.8 Å². The minimum atomic E-state index is -0.513. The van der Waals surface area contributed by atoms with Crippen molar-refractivity contribution in [3.63, 3.8) is 0 Å². The lowest BCUT2D eigenvalue weighted by atomic mass is 9.99. The van der Waals surface area contributed by atoms with Gasteiger partial charge < -0.3 is 10.4 Å². The molecule has 1 atom stereocenters. The number of hydrogen-bond donors (Lipinski definition) is 2. The smallest absolute Gasteiger partial charge is 0.171 e. The summed E-state index contributed by atoms with van der Waals surface area (Å²) >= 11 is 5.82. The maximum absolute atomic E-state index is 9.48. The number of nitrogens with one attached hydrogen (secondary N) is 1. The maximum Gasteiger partial charge on any atom is 0.171 e. The van der Waals surface area contributed by atoms with Gasteiger partial charge in [-0.1, -0.05) is 11.6 Å². The Balaban J connectivity index is 2.84. The number of hydrogen-bond acceptors (Lipinski definition) is 4. The Morgan fingerprint density at radius 3 is 2.50 bits per heavy atom. The van der Waals surface area contributed by atoms with Crippen molar-refractivity contribution >= 4 is 17.4 Å². The molecule has 1 aromatic rings. The van der Waals surface area contributed by atoms with Crippen molar-refractivity contribution in [1.82, 2.24) is 9.97 Å². The van der Waals surface area contributed by atoms with E-state index in [1.165, 1.54) is 6.20 Å². The van der Waals surface area contributed by atoms with Crippen LogP contribution in [0.25, 0.3) is 0 Å². The summed E-state index contributed by atoms with van der Waals surface area (Å²) in [6.45, 7) is 5.43. The number of aliphatic hydroxyl groups is 1. The van der Waals surface area contributed by atoms with E-state index >= 15 is 0 Å². The zero-order valence-corrected chi connectivity index (χ0v) is 9.21. The van der Waals surface area contributed by atoms with Crippen LogP contribution in [0.1, 0.15) is 20.8 Å². The highest BCUT2D eigenvalue weighted by atomic mass is 35.5. The van der Waals surface area contributed by atoms with Gasteiger partial charge in [-0.15, -0.1) is 0 Å². The highest BCUT2D eigenvalue weighted by molar-refractivity contribution is 6.31. The summed E-state index contributed by atoms with van der Waals surface area (Å²) in [5, 5.41) is 12.8. The molecule has 0 saturated heterocycles. The first-order valence-corrected chi connectivity index (χ1v) is 4.74. The summed E-state index contributed by atoms with van der Waals surface area (Å²) in [4.78, 5) is 7.91. The fourth-order valence-electron chi connectivity index (χ4n) is 0.815. The Bertz CT molecular complexity index is 315. The number of nitrogens with zero attached hydrogens (tertiary/aromatic N) is 2. The topological polar surface area (TPSA) is 58.0 Å². The molecule has 0 saturated carbocycles. The van der Waals surface area contributed by atoms with Crippen molar-refractivity contribution in [3.8, 4) is 0 Å². The molecule has 1 heterocycles. The van der Waals surface area contributed by atoms with E-state index in [1.54, 1.807) is 13.1 Å². The average molecular weight is 216 g/mol. The van der Waals surface area contributed by atoms with Crippen molar-refractivity contribution in [2.45, 2.75) is 32.4 Å². The fraction of sp³-hybridized carbons (Fsp3) is 0.556. The second-order valence-electron chi connectivity index (χ2n) is 3.72. The van der Waals surface area contributed by atoms with Gasteiger partial charge >= 0.3 is 0 Å². The number of anilines is 1. The lowest BCUT2D eigenvalue weighted by molar-refractivity contribution is 0.133. The molecule has 0 aromatic carbocycles. The van der Waals surface area contributed by atoms with Gasteiger partial charge in [0.25, 0.3) is 0 Å². The van der Waals surface area contributed by atoms with Gasteiger partial charge in [0.1, 0.15) is 0 Å². The Kier molecular flexibility index (Phi) is 3.29. The SMILES string of the molecule is CC(O)C(C)(C)Nc1nccnc1Cl. The first kappa shape index (κ1) is 11.2. The normalized spacial score (nSPS) is 13.8. The molecule has 2 N–H and O–H groups in total. The lowest BCUT2D eigenvalue weighted by Crippen LogP contribution is -2.42. The van der Waals surface area contributed by atoms with E-state index < -0.39 is 11.6 Å². The Hall–Kier alpha value is -0.870. The number of rotatable bonds is 3. The summed E-state index contributed by atoms with van der Waals surface area (Å²) in [6.07, 6.45) is 2.55. The molecule has 1 unspecified atom stereocenters. The zero-order chi connectivity index (χ0) is 10.8. The van der Waals surface area contributed by atoms with Crippen molar-refractivity contribution < 1.29 is 5.11 Å². The lowest BCUT2D eigenvalue weighted by Gasteiger charge is -2.29. The van der Waals surface area contributed by atoms with Gasteiger partial charge in [0.15, 0.2) is 11.0 Å². The highest BCUT2D eigenvalue weighted by Gasteiger charge is 2.25. The maximum atomic E-state index is 9.48. The van der Waals surface area contributed by atoms with E-state index in [4.69, 9.17) is 11.6 Å². The summed E-state index contributed by atoms with van der Waals surface area (Å²) < 4.78 is 0. The largest absolute Gasteiger partial charge is 0.391 e. The van der Waals surface area contributed by atoms with Crippen LogP contribution in [-0.4, -0.2) is 26.7 Å². The minimum Gasteiger partial charge on any atom is -0.391 e. The van der Waals surface area contributed by atoms with Crippen LogP contribution in [0.5, 0.6) is 0 Å². The number of halogens is 1. The van der Waals surface area contributed by atoms with E-state index in [-0.39, 0.29) is 0 Å². The summed E-state index contributed by atoms with van der Waals surface area (Å²) in [6, 6.07) is 0. The third-order valence-electron chi connectivity index (χ3n) is 2.14. The molecule has 1 aromatic heterocycles. The van der Waals surface area contributed by atoms with Crippen LogP contribution in [0.3, 0.4) is 0 Å². The molecule has 4 nitrogen and oxygen atoms in total. The van der Waals surface area contributed by atoms with Gasteiger partial charge in [-0.2, -0.15) is 0 Å². The van der Waals surface area contributed by atoms with E-state index in [2.05, 4.69) is 15.3 Å². The molecule has 0 aliphatic carbocycles. The van der Waals surface area contributed by atoms with Crippen LogP contribution in [0.4, 0.5) is 5.82 Å². The third kappa shape index (κ3) is 2.56. The molecule has 1 rings (SSSR count). The first-order chi connectivity index (χ1) is 6.43. The van der Waals surface area contributed by atoms with Crippen molar-refractivity contribution in [3.05, 3.63) is 17.5 Å². The van der Waals surface area contributed by atoms with Crippen molar-refractivity contribution in [2.24, 2.45) is 0 Å². The fourth-order valence-corrected chi connectivity index (χ4v) is 0.967. The summed E-state index contributed by atoms with van der Waals surface area (Å²) in [5.74, 6) is 0.486. The molecule has 0 aliphatic heterocycles. The van der Waals surface area contributed by atoms with Crippen molar-refractivity contribution in [2.75, 3.05) is 5.32 Å². The summed E-state index contributed by atoms with van der Waals surface area (Å²) in [7, 11) is 0. The minimum absolute atomic E-state index is 0.307. The Morgan fingerprint density at radius 1 is 1.43 bits per heavy atom. The summed E-state index contributed by atoms with van der Waals surface area (Å²) in [5.41, 5.74) is -0.486. The highest BCUT2D eigenvalue weighted by Crippen LogP contribution is 2.21. The molecule has 0 aliphatic rings. The molecule has 0 fully saturated rings. The number of aliphatic hydroxyl groups excluding tert-OH is 1. The van der Waals surface area contributed by atoms with Crippen LogP contribution in [0.15, 0.2) is 12.4 Å². The second kappa shape index (κ2) is 4.11. The van der Waals surface area contributed by atoms with Gasteiger partial charge in [0.2, 0.25) is 0 Å². The standard InChI is InChI=1S/C9H14ClN3O/c1-6(14)9(2,3)13-8-7(10)11-4-5-12-8/h4-6,14H,1-3H3,(H,12,13). The van der Waals surface area contributed by atoms with E-state index in [0.29, 0.717) is 11.0 Å². The second-order valence-corrected chi connectivity index (χ2v) is 4.08. The van der Waals surface area contributed by atoms with Gasteiger partial charge in [-0.25, -0.2) is 9.97 Å². The quantitative estimate of drug-likeness (QED) is 0.806. The Labute approximate surface area is 88.3 Å². The molecule has 0 bridgehead atoms. The van der Waals surface area contributed by atoms with E-state index in [9.17, 15) is 5.11 Å². The van der Waals surface area contributed by atoms with Crippen LogP contribution in [0.2, 0.25) is 5.15 Å². The molecule has 0 spiro atoms. The first-order valence-electron chi connectivity index (χ1n) is 4.36. The molecular weight excluding hydrogens is 202 g/mol. The van der Waals surface area contributed by atoms with Crippen molar-refractivity contribution in [1.29, 1.82) is 0 Å². The van der Waals surface area contributed by atoms with Gasteiger partial charge in [0.05, 0.1) is 11.6 Å². The van der Waals surface area contributed by atoms with Gasteiger partial charge in [-0.3, -0.25) is 0 Å². The van der Waals surface area contributed by atoms with E-state index in [0.717, 1.165) is 0 Å². The number of aromatic nitrogens is 2. The third-order valence-corrected chi connectivity index (χ3v) is 2.42. The predicted octanol–water partition coefficient (Wildman–Crippen LogP) is 1.70. The zero-order valence-electron chi connectivity index (χ0n) is 8.45. The molecule has 14 heavy (non-hydrogen) atoms. The van der Waals surface area contributed by atoms with Crippen LogP contribution in [0, 0.1) is 0 Å². The Morgan fingerprint density at radius 2 is 2.00 bits per heavy atom. The van der Waals surface area contributed by atoms with Crippen LogP contribution >= 0.6 is 11.6 Å². The van der Waals surface area contributed by atoms with Gasteiger partial charge in [0, 0.05) is 12.4 Å². The molecule has 78 valence electrons. The van der Waals surface area contributed by atoms with Crippen LogP contribution < -0.4 is 5.32 Å². The molecule has 0 amide bonds. The predicted molar refractivity (Wildman–Crippen MR) is 56.4 cm³/mol. The molecule has 0 radical (unpaired) electrons. The molecule has 5 heteroatoms. The molecular formula is C9H14ClN3O. The van der Waals surface area contributed by atoms with Crippen LogP contribution in [-0.2, 0) is 0 Å². The monoisotopic (exact) mass is 215 g/mol.